The molecule has 0 aliphatic heterocycles. The van der Waals surface area contributed by atoms with E-state index in [0.29, 0.717) is 0 Å². The first-order valence-corrected chi connectivity index (χ1v) is 5.51. The number of ketones is 1. The van der Waals surface area contributed by atoms with E-state index >= 15 is 0 Å². The van der Waals surface area contributed by atoms with Crippen LogP contribution in [0.25, 0.3) is 6.08 Å². The van der Waals surface area contributed by atoms with Crippen LogP contribution in [0, 0.1) is 11.6 Å². The number of halogens is 2. The molecule has 0 radical (unpaired) electrons. The highest BCUT2D eigenvalue weighted by molar-refractivity contribution is 6.00. The van der Waals surface area contributed by atoms with Gasteiger partial charge in [-0.05, 0) is 26.0 Å². The Kier molecular flexibility index (Phi) is 4.74. The maximum atomic E-state index is 13.9. The molecule has 6 heteroatoms. The summed E-state index contributed by atoms with van der Waals surface area (Å²) >= 11 is 0. The van der Waals surface area contributed by atoms with Gasteiger partial charge in [-0.15, -0.1) is 0 Å². The largest absolute Gasteiger partial charge is 0.463 e. The van der Waals surface area contributed by atoms with E-state index in [1.807, 2.05) is 0 Å². The van der Waals surface area contributed by atoms with E-state index in [1.54, 1.807) is 6.92 Å². The summed E-state index contributed by atoms with van der Waals surface area (Å²) in [6, 6.07) is 0.838. The molecule has 0 saturated heterocycles. The Hall–Kier alpha value is -2.24. The topological polar surface area (TPSA) is 69.4 Å². The second kappa shape index (κ2) is 6.08. The van der Waals surface area contributed by atoms with Crippen LogP contribution in [-0.2, 0) is 9.53 Å². The van der Waals surface area contributed by atoms with Crippen molar-refractivity contribution in [2.24, 2.45) is 0 Å². The van der Waals surface area contributed by atoms with E-state index < -0.39 is 34.5 Å². The van der Waals surface area contributed by atoms with Crippen molar-refractivity contribution >= 4 is 23.5 Å². The molecule has 0 fully saturated rings. The smallest absolute Gasteiger partial charge is 0.330 e. The molecule has 0 saturated carbocycles. The van der Waals surface area contributed by atoms with Crippen LogP contribution in [0.3, 0.4) is 0 Å². The third kappa shape index (κ3) is 3.37. The van der Waals surface area contributed by atoms with E-state index in [0.717, 1.165) is 25.1 Å². The van der Waals surface area contributed by atoms with Crippen molar-refractivity contribution < 1.29 is 23.1 Å². The highest BCUT2D eigenvalue weighted by Gasteiger charge is 2.18. The van der Waals surface area contributed by atoms with Crippen LogP contribution >= 0.6 is 0 Å². The van der Waals surface area contributed by atoms with Gasteiger partial charge in [0, 0.05) is 17.3 Å². The quantitative estimate of drug-likeness (QED) is 0.394. The van der Waals surface area contributed by atoms with Crippen LogP contribution in [0.15, 0.2) is 12.1 Å². The number of Topliss-reactive ketones (excluding diaryl/α,β-unsaturated/α-hetero) is 1. The predicted octanol–water partition coefficient (Wildman–Crippen LogP) is 2.33. The lowest BCUT2D eigenvalue weighted by Gasteiger charge is -2.07. The van der Waals surface area contributed by atoms with E-state index in [2.05, 4.69) is 4.74 Å². The number of hydrogen-bond acceptors (Lipinski definition) is 4. The van der Waals surface area contributed by atoms with Crippen LogP contribution in [0.1, 0.15) is 29.8 Å². The molecule has 2 N–H and O–H groups in total. The van der Waals surface area contributed by atoms with Crippen molar-refractivity contribution in [3.63, 3.8) is 0 Å². The number of benzene rings is 1. The number of ether oxygens (including phenoxy) is 1. The minimum atomic E-state index is -1.09. The third-order valence-electron chi connectivity index (χ3n) is 2.31. The Morgan fingerprint density at radius 2 is 2.05 bits per heavy atom. The number of nitrogens with two attached hydrogens (primary N) is 1. The number of anilines is 1. The van der Waals surface area contributed by atoms with Crippen molar-refractivity contribution in [2.45, 2.75) is 13.8 Å². The Labute approximate surface area is 108 Å². The summed E-state index contributed by atoms with van der Waals surface area (Å²) in [6.07, 6.45) is 1.79. The lowest BCUT2D eigenvalue weighted by Crippen LogP contribution is -2.07. The molecular formula is C13H13F2NO3. The van der Waals surface area contributed by atoms with Crippen LogP contribution in [0.5, 0.6) is 0 Å². The average molecular weight is 269 g/mol. The molecule has 0 bridgehead atoms. The van der Waals surface area contributed by atoms with Crippen LogP contribution in [-0.4, -0.2) is 18.4 Å². The van der Waals surface area contributed by atoms with Crippen molar-refractivity contribution in [3.8, 4) is 0 Å². The SMILES string of the molecule is CCOC(=O)/C=C/c1c(F)cc(N)c(C(C)=O)c1F. The van der Waals surface area contributed by atoms with E-state index in [4.69, 9.17) is 5.73 Å². The highest BCUT2D eigenvalue weighted by atomic mass is 19.1. The molecule has 1 aromatic rings. The fourth-order valence-corrected chi connectivity index (χ4v) is 1.51. The highest BCUT2D eigenvalue weighted by Crippen LogP contribution is 2.24. The van der Waals surface area contributed by atoms with Crippen molar-refractivity contribution in [2.75, 3.05) is 12.3 Å². The maximum absolute atomic E-state index is 13.9. The molecule has 0 unspecified atom stereocenters. The van der Waals surface area contributed by atoms with Crippen molar-refractivity contribution in [1.82, 2.24) is 0 Å². The zero-order valence-corrected chi connectivity index (χ0v) is 10.5. The van der Waals surface area contributed by atoms with Gasteiger partial charge in [0.15, 0.2) is 5.78 Å². The zero-order chi connectivity index (χ0) is 14.6. The van der Waals surface area contributed by atoms with Gasteiger partial charge in [-0.1, -0.05) is 0 Å². The van der Waals surface area contributed by atoms with Gasteiger partial charge in [0.25, 0.3) is 0 Å². The minimum Gasteiger partial charge on any atom is -0.463 e. The Morgan fingerprint density at radius 1 is 1.42 bits per heavy atom. The van der Waals surface area contributed by atoms with Crippen LogP contribution in [0.4, 0.5) is 14.5 Å². The van der Waals surface area contributed by atoms with Crippen LogP contribution < -0.4 is 5.73 Å². The normalized spacial score (nSPS) is 10.7. The standard InChI is InChI=1S/C13H13F2NO3/c1-3-19-11(18)5-4-8-9(14)6-10(16)12(7(2)17)13(8)15/h4-6H,3,16H2,1-2H3/b5-4+. The monoisotopic (exact) mass is 269 g/mol. The fourth-order valence-electron chi connectivity index (χ4n) is 1.51. The molecule has 0 aliphatic rings. The second-order valence-electron chi connectivity index (χ2n) is 3.69. The van der Waals surface area contributed by atoms with Gasteiger partial charge in [0.2, 0.25) is 0 Å². The molecule has 1 rings (SSSR count). The van der Waals surface area contributed by atoms with Crippen molar-refractivity contribution in [1.29, 1.82) is 0 Å². The van der Waals surface area contributed by atoms with Gasteiger partial charge in [-0.25, -0.2) is 13.6 Å². The summed E-state index contributed by atoms with van der Waals surface area (Å²) in [6.45, 7) is 2.87. The minimum absolute atomic E-state index is 0.147. The second-order valence-corrected chi connectivity index (χ2v) is 3.69. The molecule has 0 aliphatic carbocycles. The lowest BCUT2D eigenvalue weighted by molar-refractivity contribution is -0.137. The number of rotatable bonds is 4. The van der Waals surface area contributed by atoms with Gasteiger partial charge < -0.3 is 10.5 Å². The summed E-state index contributed by atoms with van der Waals surface area (Å²) in [5, 5.41) is 0. The van der Waals surface area contributed by atoms with E-state index in [1.165, 1.54) is 0 Å². The van der Waals surface area contributed by atoms with E-state index in [9.17, 15) is 18.4 Å². The molecular weight excluding hydrogens is 256 g/mol. The first kappa shape index (κ1) is 14.8. The fraction of sp³-hybridized carbons (Fsp3) is 0.231. The van der Waals surface area contributed by atoms with Crippen molar-refractivity contribution in [3.05, 3.63) is 34.9 Å². The summed E-state index contributed by atoms with van der Waals surface area (Å²) in [4.78, 5) is 22.3. The lowest BCUT2D eigenvalue weighted by atomic mass is 10.0. The zero-order valence-electron chi connectivity index (χ0n) is 10.5. The maximum Gasteiger partial charge on any atom is 0.330 e. The van der Waals surface area contributed by atoms with Gasteiger partial charge in [-0.2, -0.15) is 0 Å². The number of esters is 1. The molecule has 0 amide bonds. The summed E-state index contributed by atoms with van der Waals surface area (Å²) in [5.74, 6) is -3.41. The summed E-state index contributed by atoms with van der Waals surface area (Å²) < 4.78 is 32.1. The third-order valence-corrected chi connectivity index (χ3v) is 2.31. The molecule has 0 atom stereocenters. The molecule has 102 valence electrons. The number of hydrogen-bond donors (Lipinski definition) is 1. The summed E-state index contributed by atoms with van der Waals surface area (Å²) in [7, 11) is 0. The predicted molar refractivity (Wildman–Crippen MR) is 66.4 cm³/mol. The van der Waals surface area contributed by atoms with E-state index in [-0.39, 0.29) is 12.3 Å². The van der Waals surface area contributed by atoms with Crippen LogP contribution in [0.2, 0.25) is 0 Å². The molecule has 0 spiro atoms. The molecule has 4 nitrogen and oxygen atoms in total. The molecule has 1 aromatic carbocycles. The first-order valence-electron chi connectivity index (χ1n) is 5.51. The molecule has 19 heavy (non-hydrogen) atoms. The first-order chi connectivity index (χ1) is 8.88. The van der Waals surface area contributed by atoms with Gasteiger partial charge in [0.05, 0.1) is 12.2 Å². The Bertz CT molecular complexity index is 553. The number of nitrogen functional groups attached to an aromatic ring is 1. The Morgan fingerprint density at radius 3 is 2.58 bits per heavy atom. The Balaban J connectivity index is 3.25. The summed E-state index contributed by atoms with van der Waals surface area (Å²) in [5.41, 5.74) is 4.19. The van der Waals surface area contributed by atoms with Gasteiger partial charge in [0.1, 0.15) is 11.6 Å². The van der Waals surface area contributed by atoms with Gasteiger partial charge in [-0.3, -0.25) is 4.79 Å². The molecule has 0 heterocycles. The number of carbonyl (C=O) groups excluding carboxylic acids is 2. The van der Waals surface area contributed by atoms with Gasteiger partial charge >= 0.3 is 5.97 Å². The number of carbonyl (C=O) groups is 2. The average Bonchev–Trinajstić information content (AvgIpc) is 2.27. The molecule has 0 aromatic heterocycles.